The van der Waals surface area contributed by atoms with Crippen molar-refractivity contribution in [3.63, 3.8) is 0 Å². The molecule has 3 heterocycles. The number of nitrogens with one attached hydrogen (secondary N) is 2. The highest BCUT2D eigenvalue weighted by atomic mass is 35.5. The number of ether oxygens (including phenoxy) is 1. The minimum Gasteiger partial charge on any atom is -0.480 e. The molecule has 3 aliphatic rings. The van der Waals surface area contributed by atoms with Gasteiger partial charge >= 0.3 is 6.03 Å². The Kier molecular flexibility index (Phi) is 3.42. The number of piperidine rings is 1. The number of hydrogen-bond acceptors (Lipinski definition) is 4. The van der Waals surface area contributed by atoms with Gasteiger partial charge in [0.15, 0.2) is 6.10 Å². The fourth-order valence-corrected chi connectivity index (χ4v) is 3.74. The average molecular weight is 350 g/mol. The number of carbonyl (C=O) groups is 3. The van der Waals surface area contributed by atoms with Crippen LogP contribution in [0.3, 0.4) is 0 Å². The van der Waals surface area contributed by atoms with E-state index in [0.29, 0.717) is 43.1 Å². The lowest BCUT2D eigenvalue weighted by atomic mass is 9.87. The van der Waals surface area contributed by atoms with Gasteiger partial charge in [-0.15, -0.1) is 0 Å². The van der Waals surface area contributed by atoms with Crippen molar-refractivity contribution in [3.8, 4) is 5.75 Å². The summed E-state index contributed by atoms with van der Waals surface area (Å²) in [6.45, 7) is 0.812. The number of imide groups is 1. The zero-order chi connectivity index (χ0) is 16.9. The highest BCUT2D eigenvalue weighted by molar-refractivity contribution is 6.30. The Labute approximate surface area is 143 Å². The number of likely N-dealkylation sites (tertiary alicyclic amines) is 1. The van der Waals surface area contributed by atoms with Crippen LogP contribution in [-0.2, 0) is 16.0 Å². The summed E-state index contributed by atoms with van der Waals surface area (Å²) in [4.78, 5) is 37.7. The Balaban J connectivity index is 1.41. The first-order valence-electron chi connectivity index (χ1n) is 7.84. The third kappa shape index (κ3) is 2.39. The summed E-state index contributed by atoms with van der Waals surface area (Å²) in [7, 11) is 0. The van der Waals surface area contributed by atoms with Crippen molar-refractivity contribution in [2.24, 2.45) is 0 Å². The van der Waals surface area contributed by atoms with Gasteiger partial charge in [-0.25, -0.2) is 4.79 Å². The van der Waals surface area contributed by atoms with Crippen molar-refractivity contribution in [1.82, 2.24) is 15.5 Å². The van der Waals surface area contributed by atoms with E-state index in [4.69, 9.17) is 16.3 Å². The molecule has 1 aromatic carbocycles. The number of urea groups is 1. The lowest BCUT2D eigenvalue weighted by Crippen LogP contribution is -2.57. The molecule has 3 aliphatic heterocycles. The number of amides is 4. The van der Waals surface area contributed by atoms with Crippen LogP contribution in [0.15, 0.2) is 18.2 Å². The number of carbonyl (C=O) groups excluding carboxylic acids is 3. The zero-order valence-electron chi connectivity index (χ0n) is 12.8. The summed E-state index contributed by atoms with van der Waals surface area (Å²) in [6.07, 6.45) is 0.747. The van der Waals surface area contributed by atoms with Gasteiger partial charge < -0.3 is 15.0 Å². The third-order valence-electron chi connectivity index (χ3n) is 4.92. The van der Waals surface area contributed by atoms with Gasteiger partial charge in [-0.3, -0.25) is 14.9 Å². The summed E-state index contributed by atoms with van der Waals surface area (Å²) in [5.74, 6) is 0.286. The SMILES string of the molecule is O=C1NC(=O)C2(CCN(C(=O)[C@H]3Cc4cc(Cl)ccc4O3)CC2)N1. The maximum absolute atomic E-state index is 12.7. The fraction of sp³-hybridized carbons (Fsp3) is 0.438. The van der Waals surface area contributed by atoms with Crippen molar-refractivity contribution in [3.05, 3.63) is 28.8 Å². The van der Waals surface area contributed by atoms with Crippen LogP contribution in [0.4, 0.5) is 4.79 Å². The number of rotatable bonds is 1. The van der Waals surface area contributed by atoms with Crippen LogP contribution in [0.2, 0.25) is 5.02 Å². The molecule has 2 N–H and O–H groups in total. The van der Waals surface area contributed by atoms with Gasteiger partial charge in [0.2, 0.25) is 0 Å². The largest absolute Gasteiger partial charge is 0.480 e. The molecule has 0 saturated carbocycles. The number of nitrogens with zero attached hydrogens (tertiary/aromatic N) is 1. The molecule has 7 nitrogen and oxygen atoms in total. The van der Waals surface area contributed by atoms with E-state index < -0.39 is 17.7 Å². The van der Waals surface area contributed by atoms with Crippen molar-refractivity contribution >= 4 is 29.4 Å². The second kappa shape index (κ2) is 5.37. The van der Waals surface area contributed by atoms with Gasteiger partial charge in [-0.05, 0) is 36.6 Å². The van der Waals surface area contributed by atoms with Crippen LogP contribution >= 0.6 is 11.6 Å². The van der Waals surface area contributed by atoms with Gasteiger partial charge in [0.1, 0.15) is 11.3 Å². The van der Waals surface area contributed by atoms with Crippen LogP contribution in [0, 0.1) is 0 Å². The fourth-order valence-electron chi connectivity index (χ4n) is 3.55. The molecule has 0 bridgehead atoms. The first-order valence-corrected chi connectivity index (χ1v) is 8.22. The summed E-state index contributed by atoms with van der Waals surface area (Å²) in [6, 6.07) is 4.85. The molecule has 2 saturated heterocycles. The van der Waals surface area contributed by atoms with Gasteiger partial charge in [0.25, 0.3) is 11.8 Å². The summed E-state index contributed by atoms with van der Waals surface area (Å²) in [5, 5.41) is 5.57. The minimum absolute atomic E-state index is 0.0955. The standard InChI is InChI=1S/C16H16ClN3O4/c17-10-1-2-11-9(7-10)8-12(24-11)13(21)20-5-3-16(4-6-20)14(22)18-15(23)19-16/h1-2,7,12H,3-6,8H2,(H2,18,19,22,23)/t12-/m1/s1. The molecule has 126 valence electrons. The second-order valence-electron chi connectivity index (χ2n) is 6.38. The predicted octanol–water partition coefficient (Wildman–Crippen LogP) is 0.844. The van der Waals surface area contributed by atoms with Crippen LogP contribution in [0.25, 0.3) is 0 Å². The van der Waals surface area contributed by atoms with Crippen molar-refractivity contribution in [2.75, 3.05) is 13.1 Å². The van der Waals surface area contributed by atoms with E-state index in [2.05, 4.69) is 10.6 Å². The molecular formula is C16H16ClN3O4. The Morgan fingerprint density at radius 3 is 2.71 bits per heavy atom. The average Bonchev–Trinajstić information content (AvgIpc) is 3.08. The molecule has 4 rings (SSSR count). The van der Waals surface area contributed by atoms with Crippen molar-refractivity contribution in [1.29, 1.82) is 0 Å². The monoisotopic (exact) mass is 349 g/mol. The lowest BCUT2D eigenvalue weighted by molar-refractivity contribution is -0.141. The normalized spacial score (nSPS) is 24.4. The molecule has 1 aromatic rings. The van der Waals surface area contributed by atoms with E-state index in [9.17, 15) is 14.4 Å². The zero-order valence-corrected chi connectivity index (χ0v) is 13.6. The predicted molar refractivity (Wildman–Crippen MR) is 84.8 cm³/mol. The molecule has 0 unspecified atom stereocenters. The van der Waals surface area contributed by atoms with Crippen LogP contribution in [-0.4, -0.2) is 47.5 Å². The van der Waals surface area contributed by atoms with Crippen molar-refractivity contribution < 1.29 is 19.1 Å². The van der Waals surface area contributed by atoms with E-state index in [1.807, 2.05) is 6.07 Å². The summed E-state index contributed by atoms with van der Waals surface area (Å²) >= 11 is 5.97. The van der Waals surface area contributed by atoms with Gasteiger partial charge in [0, 0.05) is 24.5 Å². The summed E-state index contributed by atoms with van der Waals surface area (Å²) < 4.78 is 5.73. The van der Waals surface area contributed by atoms with E-state index >= 15 is 0 Å². The van der Waals surface area contributed by atoms with Gasteiger partial charge in [0.05, 0.1) is 0 Å². The Morgan fingerprint density at radius 1 is 1.29 bits per heavy atom. The molecule has 0 radical (unpaired) electrons. The number of benzene rings is 1. The molecule has 1 atom stereocenters. The highest BCUT2D eigenvalue weighted by Gasteiger charge is 2.49. The Morgan fingerprint density at radius 2 is 2.04 bits per heavy atom. The molecular weight excluding hydrogens is 334 g/mol. The molecule has 0 aromatic heterocycles. The van der Waals surface area contributed by atoms with Crippen LogP contribution in [0.1, 0.15) is 18.4 Å². The van der Waals surface area contributed by atoms with E-state index in [1.54, 1.807) is 17.0 Å². The Hall–Kier alpha value is -2.28. The van der Waals surface area contributed by atoms with Crippen molar-refractivity contribution in [2.45, 2.75) is 30.9 Å². The van der Waals surface area contributed by atoms with E-state index in [-0.39, 0.29) is 11.8 Å². The first kappa shape index (κ1) is 15.3. The maximum atomic E-state index is 12.7. The molecule has 2 fully saturated rings. The van der Waals surface area contributed by atoms with Gasteiger partial charge in [-0.1, -0.05) is 11.6 Å². The molecule has 0 aliphatic carbocycles. The highest BCUT2D eigenvalue weighted by Crippen LogP contribution is 2.33. The molecule has 4 amide bonds. The number of halogens is 1. The van der Waals surface area contributed by atoms with E-state index in [0.717, 1.165) is 5.56 Å². The van der Waals surface area contributed by atoms with Gasteiger partial charge in [-0.2, -0.15) is 0 Å². The van der Waals surface area contributed by atoms with Crippen LogP contribution in [0.5, 0.6) is 5.75 Å². The first-order chi connectivity index (χ1) is 11.5. The summed E-state index contributed by atoms with van der Waals surface area (Å²) in [5.41, 5.74) is 0.0534. The number of hydrogen-bond donors (Lipinski definition) is 2. The molecule has 8 heteroatoms. The maximum Gasteiger partial charge on any atom is 0.322 e. The number of fused-ring (bicyclic) bond motifs is 1. The quantitative estimate of drug-likeness (QED) is 0.736. The Bertz CT molecular complexity index is 743. The minimum atomic E-state index is -0.874. The smallest absolute Gasteiger partial charge is 0.322 e. The molecule has 24 heavy (non-hydrogen) atoms. The second-order valence-corrected chi connectivity index (χ2v) is 6.81. The van der Waals surface area contributed by atoms with E-state index in [1.165, 1.54) is 0 Å². The van der Waals surface area contributed by atoms with Crippen LogP contribution < -0.4 is 15.4 Å². The topological polar surface area (TPSA) is 87.7 Å². The third-order valence-corrected chi connectivity index (χ3v) is 5.15. The lowest BCUT2D eigenvalue weighted by Gasteiger charge is -2.37. The molecule has 1 spiro atoms.